The topological polar surface area (TPSA) is 135 Å². The highest BCUT2D eigenvalue weighted by molar-refractivity contribution is 5.79. The lowest BCUT2D eigenvalue weighted by atomic mass is 9.34. The van der Waals surface area contributed by atoms with Crippen molar-refractivity contribution in [3.05, 3.63) is 11.6 Å². The number of carbonyl (C=O) groups is 2. The van der Waals surface area contributed by atoms with E-state index in [9.17, 15) is 35.1 Å². The molecule has 0 bridgehead atoms. The second-order valence-electron chi connectivity index (χ2n) is 14.1. The van der Waals surface area contributed by atoms with Gasteiger partial charge in [-0.15, -0.1) is 0 Å². The maximum Gasteiger partial charge on any atom is 0.313 e. The van der Waals surface area contributed by atoms with Gasteiger partial charge in [0.25, 0.3) is 0 Å². The molecule has 0 aromatic carbocycles. The molecule has 210 valence electrons. The molecule has 3 fully saturated rings. The summed E-state index contributed by atoms with van der Waals surface area (Å²) >= 11 is 0. The van der Waals surface area contributed by atoms with Crippen LogP contribution in [0.25, 0.3) is 0 Å². The summed E-state index contributed by atoms with van der Waals surface area (Å²) in [6.07, 6.45) is 3.59. The molecule has 4 aliphatic rings. The molecule has 0 spiro atoms. The van der Waals surface area contributed by atoms with Gasteiger partial charge in [0.15, 0.2) is 0 Å². The Labute approximate surface area is 221 Å². The third-order valence-corrected chi connectivity index (χ3v) is 12.5. The first-order valence-electron chi connectivity index (χ1n) is 14.1. The summed E-state index contributed by atoms with van der Waals surface area (Å²) < 4.78 is 0. The van der Waals surface area contributed by atoms with Crippen molar-refractivity contribution in [2.24, 2.45) is 44.8 Å². The minimum atomic E-state index is -1.09. The fourth-order valence-corrected chi connectivity index (χ4v) is 9.61. The summed E-state index contributed by atoms with van der Waals surface area (Å²) in [6.45, 7) is 11.7. The van der Waals surface area contributed by atoms with E-state index < -0.39 is 45.9 Å². The average molecular weight is 521 g/mol. The summed E-state index contributed by atoms with van der Waals surface area (Å²) in [7, 11) is 0. The van der Waals surface area contributed by atoms with Crippen LogP contribution < -0.4 is 0 Å². The number of aliphatic hydroxyl groups is 4. The molecular weight excluding hydrogens is 472 g/mol. The van der Waals surface area contributed by atoms with Crippen LogP contribution in [0.4, 0.5) is 0 Å². The van der Waals surface area contributed by atoms with Crippen molar-refractivity contribution in [1.29, 1.82) is 0 Å². The van der Waals surface area contributed by atoms with Crippen molar-refractivity contribution in [3.8, 4) is 0 Å². The first-order chi connectivity index (χ1) is 17.0. The molecule has 11 atom stereocenters. The number of rotatable bonds is 6. The standard InChI is InChI=1S/C30H48O7/c1-17(18(2)32)7-10-30(25(36)37)12-11-28(5)19(14-30)20(33)13-23-26(3)15-21(34)24(35)27(4,16-31)22(26)8-9-29(23,28)6/h14,17,20-24,31,33-35H,7-13,15-16H2,1-6H3,(H,36,37)/t17-,20-,21-,22-,23-,24+,26+,27+,28-,29-,30+/m1/s1. The molecule has 0 heterocycles. The Kier molecular flexibility index (Phi) is 7.10. The molecule has 0 aliphatic heterocycles. The third-order valence-electron chi connectivity index (χ3n) is 12.5. The van der Waals surface area contributed by atoms with Gasteiger partial charge in [-0.2, -0.15) is 0 Å². The van der Waals surface area contributed by atoms with Gasteiger partial charge in [-0.25, -0.2) is 0 Å². The van der Waals surface area contributed by atoms with E-state index in [1.54, 1.807) is 6.92 Å². The Morgan fingerprint density at radius 3 is 2.27 bits per heavy atom. The van der Waals surface area contributed by atoms with Crippen molar-refractivity contribution in [2.75, 3.05) is 6.61 Å². The molecule has 0 saturated heterocycles. The van der Waals surface area contributed by atoms with Crippen LogP contribution in [0.5, 0.6) is 0 Å². The Balaban J connectivity index is 1.75. The molecule has 7 heteroatoms. The van der Waals surface area contributed by atoms with Crippen molar-refractivity contribution < 1.29 is 35.1 Å². The molecule has 0 radical (unpaired) electrons. The highest BCUT2D eigenvalue weighted by atomic mass is 16.4. The van der Waals surface area contributed by atoms with Gasteiger partial charge < -0.3 is 25.5 Å². The molecule has 3 saturated carbocycles. The SMILES string of the molecule is CC(=O)[C@H](C)CC[C@@]1(C(=O)O)C=C2[C@H](O)C[C@@H]3[C@@]4(C)C[C@@H](O)[C@H](O)[C@@](C)(CO)[C@@H]4CC[C@@]3(C)[C@]2(C)CC1. The Hall–Kier alpha value is -1.28. The molecule has 0 unspecified atom stereocenters. The zero-order valence-corrected chi connectivity index (χ0v) is 23.5. The van der Waals surface area contributed by atoms with Crippen molar-refractivity contribution in [3.63, 3.8) is 0 Å². The van der Waals surface area contributed by atoms with Crippen molar-refractivity contribution in [2.45, 2.75) is 111 Å². The number of Topliss-reactive ketones (excluding diaryl/α,β-unsaturated/α-hetero) is 1. The van der Waals surface area contributed by atoms with Gasteiger partial charge in [-0.3, -0.25) is 9.59 Å². The van der Waals surface area contributed by atoms with Crippen LogP contribution in [0, 0.1) is 44.8 Å². The lowest BCUT2D eigenvalue weighted by Crippen LogP contribution is -2.68. The second kappa shape index (κ2) is 9.14. The maximum absolute atomic E-state index is 12.6. The van der Waals surface area contributed by atoms with E-state index in [2.05, 4.69) is 20.8 Å². The normalized spacial score (nSPS) is 50.2. The first kappa shape index (κ1) is 28.7. The van der Waals surface area contributed by atoms with Crippen LogP contribution in [0.2, 0.25) is 0 Å². The average Bonchev–Trinajstić information content (AvgIpc) is 2.83. The Bertz CT molecular complexity index is 977. The highest BCUT2D eigenvalue weighted by Crippen LogP contribution is 2.74. The summed E-state index contributed by atoms with van der Waals surface area (Å²) in [5.41, 5.74) is -2.14. The van der Waals surface area contributed by atoms with Crippen molar-refractivity contribution >= 4 is 11.8 Å². The quantitative estimate of drug-likeness (QED) is 0.337. The molecule has 0 aromatic heterocycles. The van der Waals surface area contributed by atoms with Gasteiger partial charge in [0.05, 0.1) is 30.3 Å². The number of hydrogen-bond acceptors (Lipinski definition) is 6. The number of aliphatic carboxylic acids is 1. The number of aliphatic hydroxyl groups excluding tert-OH is 4. The number of carbonyl (C=O) groups excluding carboxylic acids is 1. The molecule has 5 N–H and O–H groups in total. The molecule has 0 aromatic rings. The fourth-order valence-electron chi connectivity index (χ4n) is 9.61. The van der Waals surface area contributed by atoms with E-state index in [-0.39, 0.29) is 35.6 Å². The van der Waals surface area contributed by atoms with E-state index in [1.807, 2.05) is 19.9 Å². The number of fused-ring (bicyclic) bond motifs is 5. The van der Waals surface area contributed by atoms with Gasteiger partial charge in [0.1, 0.15) is 5.78 Å². The lowest BCUT2D eigenvalue weighted by molar-refractivity contribution is -0.250. The van der Waals surface area contributed by atoms with Gasteiger partial charge in [0, 0.05) is 11.3 Å². The Morgan fingerprint density at radius 1 is 1.05 bits per heavy atom. The number of hydrogen-bond donors (Lipinski definition) is 5. The number of carboxylic acids is 1. The Morgan fingerprint density at radius 2 is 1.70 bits per heavy atom. The van der Waals surface area contributed by atoms with Crippen LogP contribution >= 0.6 is 0 Å². The molecular formula is C30H48O7. The number of carboxylic acid groups (broad SMARTS) is 1. The second-order valence-corrected chi connectivity index (χ2v) is 14.1. The smallest absolute Gasteiger partial charge is 0.313 e. The summed E-state index contributed by atoms with van der Waals surface area (Å²) in [6, 6.07) is 0. The summed E-state index contributed by atoms with van der Waals surface area (Å²) in [5.74, 6) is -1.00. The predicted octanol–water partition coefficient (Wildman–Crippen LogP) is 3.72. The summed E-state index contributed by atoms with van der Waals surface area (Å²) in [4.78, 5) is 24.5. The number of ketones is 1. The largest absolute Gasteiger partial charge is 0.481 e. The third kappa shape index (κ3) is 3.89. The predicted molar refractivity (Wildman–Crippen MR) is 139 cm³/mol. The first-order valence-corrected chi connectivity index (χ1v) is 14.1. The lowest BCUT2D eigenvalue weighted by Gasteiger charge is -2.71. The van der Waals surface area contributed by atoms with Crippen LogP contribution in [0.1, 0.15) is 92.9 Å². The molecule has 0 amide bonds. The summed E-state index contributed by atoms with van der Waals surface area (Å²) in [5, 5.41) is 54.2. The van der Waals surface area contributed by atoms with Gasteiger partial charge in [0.2, 0.25) is 0 Å². The van der Waals surface area contributed by atoms with Crippen LogP contribution in [-0.4, -0.2) is 62.2 Å². The zero-order chi connectivity index (χ0) is 27.8. The fraction of sp³-hybridized carbons (Fsp3) is 0.867. The maximum atomic E-state index is 12.6. The zero-order valence-electron chi connectivity index (χ0n) is 23.5. The van der Waals surface area contributed by atoms with Crippen molar-refractivity contribution in [1.82, 2.24) is 0 Å². The molecule has 37 heavy (non-hydrogen) atoms. The highest BCUT2D eigenvalue weighted by Gasteiger charge is 2.70. The van der Waals surface area contributed by atoms with E-state index in [4.69, 9.17) is 0 Å². The molecule has 4 aliphatic carbocycles. The monoisotopic (exact) mass is 520 g/mol. The van der Waals surface area contributed by atoms with Gasteiger partial charge >= 0.3 is 5.97 Å². The molecule has 4 rings (SSSR count). The minimum Gasteiger partial charge on any atom is -0.481 e. The van der Waals surface area contributed by atoms with Gasteiger partial charge in [-0.1, -0.05) is 40.7 Å². The van der Waals surface area contributed by atoms with E-state index in [1.165, 1.54) is 0 Å². The minimum absolute atomic E-state index is 0.00225. The van der Waals surface area contributed by atoms with Crippen LogP contribution in [-0.2, 0) is 9.59 Å². The van der Waals surface area contributed by atoms with Gasteiger partial charge in [-0.05, 0) is 91.9 Å². The van der Waals surface area contributed by atoms with Crippen LogP contribution in [0.3, 0.4) is 0 Å². The molecule has 7 nitrogen and oxygen atoms in total. The van der Waals surface area contributed by atoms with E-state index in [0.29, 0.717) is 38.5 Å². The van der Waals surface area contributed by atoms with Crippen LogP contribution in [0.15, 0.2) is 11.6 Å². The van der Waals surface area contributed by atoms with E-state index in [0.717, 1.165) is 18.4 Å². The van der Waals surface area contributed by atoms with E-state index >= 15 is 0 Å².